The number of benzene rings is 4. The molecule has 0 aliphatic carbocycles. The van der Waals surface area contributed by atoms with Crippen LogP contribution in [0.25, 0.3) is 0 Å². The van der Waals surface area contributed by atoms with Gasteiger partial charge in [-0.15, -0.1) is 0 Å². The van der Waals surface area contributed by atoms with Crippen LogP contribution in [0.4, 0.5) is 34.1 Å². The predicted molar refractivity (Wildman–Crippen MR) is 190 cm³/mol. The maximum atomic E-state index is 11.4. The Bertz CT molecular complexity index is 1740. The highest BCUT2D eigenvalue weighted by molar-refractivity contribution is 5.69. The molecular weight excluding hydrogens is 636 g/mol. The van der Waals surface area contributed by atoms with Crippen LogP contribution in [0.2, 0.25) is 0 Å². The van der Waals surface area contributed by atoms with Gasteiger partial charge in [0.1, 0.15) is 11.5 Å². The molecule has 12 heteroatoms. The minimum atomic E-state index is -0.207. The van der Waals surface area contributed by atoms with E-state index >= 15 is 0 Å². The lowest BCUT2D eigenvalue weighted by Gasteiger charge is -2.06. The smallest absolute Gasteiger partial charge is 0.305 e. The first kappa shape index (κ1) is 37.0. The second-order valence-corrected chi connectivity index (χ2v) is 11.1. The number of carbonyl (C=O) groups is 2. The molecule has 4 rings (SSSR count). The van der Waals surface area contributed by atoms with Crippen molar-refractivity contribution in [3.8, 4) is 11.5 Å². The quantitative estimate of drug-likeness (QED) is 0.0548. The van der Waals surface area contributed by atoms with Gasteiger partial charge in [0.2, 0.25) is 0 Å². The summed E-state index contributed by atoms with van der Waals surface area (Å²) < 4.78 is 21.0. The summed E-state index contributed by atoms with van der Waals surface area (Å²) in [5, 5.41) is 26.0. The van der Waals surface area contributed by atoms with E-state index in [1.54, 1.807) is 6.92 Å². The van der Waals surface area contributed by atoms with Crippen molar-refractivity contribution in [3.05, 3.63) is 96.6 Å². The molecule has 0 saturated carbocycles. The lowest BCUT2D eigenvalue weighted by Crippen LogP contribution is -2.05. The van der Waals surface area contributed by atoms with Gasteiger partial charge in [0.05, 0.1) is 61.1 Å². The van der Waals surface area contributed by atoms with Crippen molar-refractivity contribution in [2.24, 2.45) is 30.7 Å². The van der Waals surface area contributed by atoms with Crippen LogP contribution in [0.15, 0.2) is 122 Å². The molecule has 0 aromatic heterocycles. The number of esters is 2. The number of aryl methyl sites for hydroxylation is 1. The van der Waals surface area contributed by atoms with Crippen molar-refractivity contribution < 1.29 is 28.5 Å². The largest absolute Gasteiger partial charge is 0.494 e. The third-order valence-electron chi connectivity index (χ3n) is 7.16. The van der Waals surface area contributed by atoms with E-state index in [0.717, 1.165) is 48.4 Å². The average Bonchev–Trinajstić information content (AvgIpc) is 3.14. The molecule has 0 aliphatic rings. The van der Waals surface area contributed by atoms with Crippen molar-refractivity contribution in [1.29, 1.82) is 0 Å². The first-order chi connectivity index (χ1) is 24.4. The van der Waals surface area contributed by atoms with Crippen LogP contribution in [0.5, 0.6) is 11.5 Å². The average molecular weight is 679 g/mol. The van der Waals surface area contributed by atoms with Gasteiger partial charge >= 0.3 is 11.9 Å². The van der Waals surface area contributed by atoms with Gasteiger partial charge in [0, 0.05) is 12.8 Å². The molecule has 50 heavy (non-hydrogen) atoms. The summed E-state index contributed by atoms with van der Waals surface area (Å²) in [5.74, 6) is 1.09. The fraction of sp³-hybridized carbons (Fsp3) is 0.316. The first-order valence-electron chi connectivity index (χ1n) is 16.6. The number of hydrogen-bond acceptors (Lipinski definition) is 12. The zero-order valence-corrected chi connectivity index (χ0v) is 28.7. The van der Waals surface area contributed by atoms with E-state index in [-0.39, 0.29) is 11.9 Å². The Morgan fingerprint density at radius 3 is 1.42 bits per heavy atom. The molecular formula is C38H42N6O6. The van der Waals surface area contributed by atoms with Gasteiger partial charge in [-0.1, -0.05) is 0 Å². The minimum Gasteiger partial charge on any atom is -0.494 e. The fourth-order valence-electron chi connectivity index (χ4n) is 4.42. The number of methoxy groups -OCH3 is 1. The second-order valence-electron chi connectivity index (χ2n) is 11.1. The highest BCUT2D eigenvalue weighted by atomic mass is 16.5. The highest BCUT2D eigenvalue weighted by Crippen LogP contribution is 2.29. The summed E-state index contributed by atoms with van der Waals surface area (Å²) in [5.41, 5.74) is 5.11. The molecule has 0 atom stereocenters. The summed E-state index contributed by atoms with van der Waals surface area (Å²) in [7, 11) is 1.39. The number of unbranched alkanes of at least 4 members (excludes halogenated alkanes) is 2. The Balaban J connectivity index is 1.20. The van der Waals surface area contributed by atoms with E-state index in [9.17, 15) is 9.59 Å². The molecule has 0 N–H and O–H groups in total. The number of carbonyl (C=O) groups excluding carboxylic acids is 2. The van der Waals surface area contributed by atoms with Gasteiger partial charge in [-0.3, -0.25) is 9.59 Å². The highest BCUT2D eigenvalue weighted by Gasteiger charge is 2.04. The number of azo groups is 3. The van der Waals surface area contributed by atoms with Gasteiger partial charge in [-0.25, -0.2) is 0 Å². The summed E-state index contributed by atoms with van der Waals surface area (Å²) in [4.78, 5) is 22.6. The zero-order valence-electron chi connectivity index (χ0n) is 28.7. The van der Waals surface area contributed by atoms with Gasteiger partial charge < -0.3 is 18.9 Å². The Morgan fingerprint density at radius 1 is 0.540 bits per heavy atom. The van der Waals surface area contributed by atoms with Crippen LogP contribution in [-0.2, 0) is 19.1 Å². The van der Waals surface area contributed by atoms with Crippen LogP contribution < -0.4 is 9.47 Å². The van der Waals surface area contributed by atoms with E-state index in [4.69, 9.17) is 14.2 Å². The van der Waals surface area contributed by atoms with E-state index in [1.165, 1.54) is 7.11 Å². The van der Waals surface area contributed by atoms with Crippen LogP contribution in [-0.4, -0.2) is 38.9 Å². The molecule has 0 radical (unpaired) electrons. The standard InChI is InChI=1S/C38H42N6O6/c1-4-48-38(46)10-6-8-26-50-35-22-17-32(18-23-35)41-43-33-19-24-36(28(2)27-33)44-42-30-13-11-29(12-14-30)39-40-31-15-20-34(21-16-31)49-25-7-5-9-37(45)47-3/h11-24,27H,4-10,25-26H2,1-3H3. The molecule has 0 heterocycles. The molecule has 0 amide bonds. The number of ether oxygens (including phenoxy) is 4. The second kappa shape index (κ2) is 20.6. The van der Waals surface area contributed by atoms with Gasteiger partial charge in [0.25, 0.3) is 0 Å². The third-order valence-corrected chi connectivity index (χ3v) is 7.16. The number of hydrogen-bond donors (Lipinski definition) is 0. The van der Waals surface area contributed by atoms with Crippen LogP contribution in [0.3, 0.4) is 0 Å². The van der Waals surface area contributed by atoms with Crippen LogP contribution in [0, 0.1) is 6.92 Å². The lowest BCUT2D eigenvalue weighted by atomic mass is 10.2. The maximum absolute atomic E-state index is 11.4. The number of rotatable bonds is 19. The monoisotopic (exact) mass is 678 g/mol. The molecule has 0 unspecified atom stereocenters. The predicted octanol–water partition coefficient (Wildman–Crippen LogP) is 11.1. The summed E-state index contributed by atoms with van der Waals surface area (Å²) in [6.45, 7) is 5.20. The van der Waals surface area contributed by atoms with E-state index in [2.05, 4.69) is 35.4 Å². The number of nitrogens with zero attached hydrogens (tertiary/aromatic N) is 6. The molecule has 12 nitrogen and oxygen atoms in total. The first-order valence-corrected chi connectivity index (χ1v) is 16.6. The van der Waals surface area contributed by atoms with Gasteiger partial charge in [-0.05, 0) is 136 Å². The molecule has 0 bridgehead atoms. The fourth-order valence-corrected chi connectivity index (χ4v) is 4.42. The zero-order chi connectivity index (χ0) is 35.4. The van der Waals surface area contributed by atoms with Crippen molar-refractivity contribution in [1.82, 2.24) is 0 Å². The van der Waals surface area contributed by atoms with Gasteiger partial charge in [0.15, 0.2) is 0 Å². The van der Waals surface area contributed by atoms with E-state index in [0.29, 0.717) is 61.1 Å². The molecule has 0 aliphatic heterocycles. The van der Waals surface area contributed by atoms with Crippen LogP contribution >= 0.6 is 0 Å². The Labute approximate surface area is 292 Å². The summed E-state index contributed by atoms with van der Waals surface area (Å²) >= 11 is 0. The Kier molecular flexibility index (Phi) is 15.2. The normalized spacial score (nSPS) is 11.3. The maximum Gasteiger partial charge on any atom is 0.305 e. The molecule has 0 spiro atoms. The lowest BCUT2D eigenvalue weighted by molar-refractivity contribution is -0.143. The Hall–Kier alpha value is -5.78. The minimum absolute atomic E-state index is 0.172. The Morgan fingerprint density at radius 2 is 0.960 bits per heavy atom. The van der Waals surface area contributed by atoms with Crippen molar-refractivity contribution in [2.75, 3.05) is 26.9 Å². The van der Waals surface area contributed by atoms with Crippen molar-refractivity contribution in [3.63, 3.8) is 0 Å². The molecule has 4 aromatic carbocycles. The third kappa shape index (κ3) is 13.4. The van der Waals surface area contributed by atoms with Crippen molar-refractivity contribution in [2.45, 2.75) is 52.4 Å². The van der Waals surface area contributed by atoms with E-state index < -0.39 is 0 Å². The summed E-state index contributed by atoms with van der Waals surface area (Å²) in [6.07, 6.45) is 3.79. The summed E-state index contributed by atoms with van der Waals surface area (Å²) in [6, 6.07) is 27.6. The topological polar surface area (TPSA) is 145 Å². The molecule has 260 valence electrons. The van der Waals surface area contributed by atoms with Crippen molar-refractivity contribution >= 4 is 46.1 Å². The molecule has 0 saturated heterocycles. The molecule has 4 aromatic rings. The van der Waals surface area contributed by atoms with Gasteiger partial charge in [-0.2, -0.15) is 30.7 Å². The SMILES string of the molecule is CCOC(=O)CCCCOc1ccc(N=Nc2ccc(N=Nc3ccc(N=Nc4ccc(OCCCCC(=O)OC)cc4)cc3)c(C)c2)cc1. The molecule has 0 fully saturated rings. The van der Waals surface area contributed by atoms with Crippen LogP contribution in [0.1, 0.15) is 51.0 Å². The van der Waals surface area contributed by atoms with E-state index in [1.807, 2.05) is 97.9 Å².